The SMILES string of the molecule is OC1CCOCC1c1nc(Cc2ccccc2F)no1. The van der Waals surface area contributed by atoms with Crippen molar-refractivity contribution < 1.29 is 18.8 Å². The van der Waals surface area contributed by atoms with Gasteiger partial charge in [0.25, 0.3) is 0 Å². The van der Waals surface area contributed by atoms with E-state index in [1.165, 1.54) is 6.07 Å². The Morgan fingerprint density at radius 3 is 3.00 bits per heavy atom. The predicted octanol–water partition coefficient (Wildman–Crippen LogP) is 1.66. The lowest BCUT2D eigenvalue weighted by molar-refractivity contribution is -0.0149. The summed E-state index contributed by atoms with van der Waals surface area (Å²) in [7, 11) is 0. The van der Waals surface area contributed by atoms with Crippen LogP contribution in [0.15, 0.2) is 28.8 Å². The van der Waals surface area contributed by atoms with Crippen LogP contribution in [-0.2, 0) is 11.2 Å². The number of hydrogen-bond donors (Lipinski definition) is 1. The second-order valence-electron chi connectivity index (χ2n) is 4.85. The highest BCUT2D eigenvalue weighted by Gasteiger charge is 2.30. The molecule has 0 saturated carbocycles. The Hall–Kier alpha value is -1.79. The van der Waals surface area contributed by atoms with Gasteiger partial charge in [-0.15, -0.1) is 0 Å². The molecule has 0 aliphatic carbocycles. The van der Waals surface area contributed by atoms with E-state index >= 15 is 0 Å². The molecular formula is C14H15FN2O3. The maximum absolute atomic E-state index is 13.6. The summed E-state index contributed by atoms with van der Waals surface area (Å²) >= 11 is 0. The summed E-state index contributed by atoms with van der Waals surface area (Å²) in [4.78, 5) is 4.24. The molecule has 1 aromatic carbocycles. The van der Waals surface area contributed by atoms with Crippen LogP contribution >= 0.6 is 0 Å². The summed E-state index contributed by atoms with van der Waals surface area (Å²) < 4.78 is 24.0. The van der Waals surface area contributed by atoms with Crippen LogP contribution in [0.5, 0.6) is 0 Å². The second-order valence-corrected chi connectivity index (χ2v) is 4.85. The Labute approximate surface area is 115 Å². The number of aromatic nitrogens is 2. The van der Waals surface area contributed by atoms with Crippen LogP contribution in [0.25, 0.3) is 0 Å². The zero-order valence-corrected chi connectivity index (χ0v) is 10.8. The van der Waals surface area contributed by atoms with Crippen molar-refractivity contribution in [3.8, 4) is 0 Å². The molecule has 5 nitrogen and oxygen atoms in total. The van der Waals surface area contributed by atoms with E-state index < -0.39 is 6.10 Å². The number of hydrogen-bond acceptors (Lipinski definition) is 5. The first-order valence-electron chi connectivity index (χ1n) is 6.56. The molecule has 0 amide bonds. The van der Waals surface area contributed by atoms with Crippen molar-refractivity contribution in [2.45, 2.75) is 24.9 Å². The van der Waals surface area contributed by atoms with Gasteiger partial charge >= 0.3 is 0 Å². The smallest absolute Gasteiger partial charge is 0.234 e. The molecule has 2 unspecified atom stereocenters. The van der Waals surface area contributed by atoms with Crippen LogP contribution in [0, 0.1) is 5.82 Å². The lowest BCUT2D eigenvalue weighted by Gasteiger charge is -2.24. The van der Waals surface area contributed by atoms with Crippen molar-refractivity contribution in [2.24, 2.45) is 0 Å². The van der Waals surface area contributed by atoms with Gasteiger partial charge in [-0.1, -0.05) is 23.4 Å². The Kier molecular flexibility index (Phi) is 3.75. The summed E-state index contributed by atoms with van der Waals surface area (Å²) in [6, 6.07) is 6.48. The molecule has 1 fully saturated rings. The number of benzene rings is 1. The number of aliphatic hydroxyl groups is 1. The molecule has 0 spiro atoms. The highest BCUT2D eigenvalue weighted by Crippen LogP contribution is 2.25. The molecule has 3 rings (SSSR count). The third-order valence-corrected chi connectivity index (χ3v) is 3.43. The van der Waals surface area contributed by atoms with Crippen molar-refractivity contribution in [1.82, 2.24) is 10.1 Å². The summed E-state index contributed by atoms with van der Waals surface area (Å²) in [6.07, 6.45) is 0.278. The van der Waals surface area contributed by atoms with E-state index in [1.54, 1.807) is 18.2 Å². The maximum atomic E-state index is 13.6. The van der Waals surface area contributed by atoms with Crippen LogP contribution in [-0.4, -0.2) is 34.6 Å². The topological polar surface area (TPSA) is 68.4 Å². The zero-order chi connectivity index (χ0) is 13.9. The quantitative estimate of drug-likeness (QED) is 0.924. The summed E-state index contributed by atoms with van der Waals surface area (Å²) in [6.45, 7) is 0.899. The minimum Gasteiger partial charge on any atom is -0.392 e. The van der Waals surface area contributed by atoms with Gasteiger partial charge in [0.15, 0.2) is 5.82 Å². The average Bonchev–Trinajstić information content (AvgIpc) is 2.90. The zero-order valence-electron chi connectivity index (χ0n) is 10.8. The summed E-state index contributed by atoms with van der Waals surface area (Å²) in [5.74, 6) is 0.164. The van der Waals surface area contributed by atoms with E-state index in [-0.39, 0.29) is 18.2 Å². The van der Waals surface area contributed by atoms with Gasteiger partial charge in [-0.05, 0) is 18.1 Å². The van der Waals surface area contributed by atoms with E-state index in [1.807, 2.05) is 0 Å². The average molecular weight is 278 g/mol. The first kappa shape index (κ1) is 13.2. The van der Waals surface area contributed by atoms with Gasteiger partial charge in [0.2, 0.25) is 5.89 Å². The fourth-order valence-corrected chi connectivity index (χ4v) is 2.26. The molecule has 1 saturated heterocycles. The first-order valence-corrected chi connectivity index (χ1v) is 6.56. The fourth-order valence-electron chi connectivity index (χ4n) is 2.26. The lowest BCUT2D eigenvalue weighted by Crippen LogP contribution is -2.30. The molecule has 6 heteroatoms. The van der Waals surface area contributed by atoms with Crippen LogP contribution in [0.2, 0.25) is 0 Å². The molecule has 0 bridgehead atoms. The van der Waals surface area contributed by atoms with Crippen molar-refractivity contribution in [3.63, 3.8) is 0 Å². The van der Waals surface area contributed by atoms with Crippen molar-refractivity contribution >= 4 is 0 Å². The molecule has 106 valence electrons. The number of nitrogens with zero attached hydrogens (tertiary/aromatic N) is 2. The van der Waals surface area contributed by atoms with E-state index in [0.717, 1.165) is 0 Å². The molecule has 1 aliphatic rings. The van der Waals surface area contributed by atoms with Crippen molar-refractivity contribution in [1.29, 1.82) is 0 Å². The monoisotopic (exact) mass is 278 g/mol. The molecule has 20 heavy (non-hydrogen) atoms. The largest absolute Gasteiger partial charge is 0.392 e. The molecule has 1 aliphatic heterocycles. The van der Waals surface area contributed by atoms with E-state index in [2.05, 4.69) is 10.1 Å². The normalized spacial score (nSPS) is 22.9. The highest BCUT2D eigenvalue weighted by molar-refractivity contribution is 5.20. The highest BCUT2D eigenvalue weighted by atomic mass is 19.1. The molecule has 1 N–H and O–H groups in total. The van der Waals surface area contributed by atoms with Crippen LogP contribution in [0.4, 0.5) is 4.39 Å². The van der Waals surface area contributed by atoms with Crippen LogP contribution in [0.3, 0.4) is 0 Å². The molecule has 2 atom stereocenters. The third kappa shape index (κ3) is 2.71. The summed E-state index contributed by atoms with van der Waals surface area (Å²) in [5, 5.41) is 13.7. The molecule has 2 aromatic rings. The van der Waals surface area contributed by atoms with Gasteiger partial charge in [-0.2, -0.15) is 4.98 Å². The minimum atomic E-state index is -0.537. The molecule has 2 heterocycles. The first-order chi connectivity index (χ1) is 9.74. The Bertz CT molecular complexity index is 587. The van der Waals surface area contributed by atoms with Crippen molar-refractivity contribution in [2.75, 3.05) is 13.2 Å². The van der Waals surface area contributed by atoms with Gasteiger partial charge in [0, 0.05) is 13.0 Å². The van der Waals surface area contributed by atoms with Gasteiger partial charge in [-0.3, -0.25) is 0 Å². The third-order valence-electron chi connectivity index (χ3n) is 3.43. The van der Waals surface area contributed by atoms with E-state index in [4.69, 9.17) is 9.26 Å². The maximum Gasteiger partial charge on any atom is 0.234 e. The van der Waals surface area contributed by atoms with E-state index in [9.17, 15) is 9.50 Å². The van der Waals surface area contributed by atoms with Gasteiger partial charge < -0.3 is 14.4 Å². The Balaban J connectivity index is 1.75. The Morgan fingerprint density at radius 1 is 1.35 bits per heavy atom. The van der Waals surface area contributed by atoms with Gasteiger partial charge in [0.05, 0.1) is 18.6 Å². The minimum absolute atomic E-state index is 0.264. The number of ether oxygens (including phenoxy) is 1. The molecule has 1 aromatic heterocycles. The van der Waals surface area contributed by atoms with E-state index in [0.29, 0.717) is 36.9 Å². The van der Waals surface area contributed by atoms with Crippen LogP contribution < -0.4 is 0 Å². The van der Waals surface area contributed by atoms with Gasteiger partial charge in [-0.25, -0.2) is 4.39 Å². The van der Waals surface area contributed by atoms with Gasteiger partial charge in [0.1, 0.15) is 5.82 Å². The fraction of sp³-hybridized carbons (Fsp3) is 0.429. The summed E-state index contributed by atoms with van der Waals surface area (Å²) in [5.41, 5.74) is 0.514. The number of aliphatic hydroxyl groups excluding tert-OH is 1. The lowest BCUT2D eigenvalue weighted by atomic mass is 9.99. The second kappa shape index (κ2) is 5.68. The number of rotatable bonds is 3. The molecular weight excluding hydrogens is 263 g/mol. The standard InChI is InChI=1S/C14H15FN2O3/c15-11-4-2-1-3-9(11)7-13-16-14(20-17-13)10-8-19-6-5-12(10)18/h1-4,10,12,18H,5-8H2. The Morgan fingerprint density at radius 2 is 2.20 bits per heavy atom. The van der Waals surface area contributed by atoms with Crippen LogP contribution in [0.1, 0.15) is 29.6 Å². The molecule has 0 radical (unpaired) electrons. The van der Waals surface area contributed by atoms with Crippen molar-refractivity contribution in [3.05, 3.63) is 47.4 Å². The predicted molar refractivity (Wildman–Crippen MR) is 67.7 cm³/mol. The number of halogens is 1.